The Kier molecular flexibility index (Phi) is 12.0. The van der Waals surface area contributed by atoms with Crippen LogP contribution in [-0.4, -0.2) is 43.8 Å². The second-order valence-corrected chi connectivity index (χ2v) is 14.7. The van der Waals surface area contributed by atoms with Gasteiger partial charge in [-0.2, -0.15) is 0 Å². The van der Waals surface area contributed by atoms with E-state index < -0.39 is 28.5 Å². The Morgan fingerprint density at radius 3 is 2.09 bits per heavy atom. The van der Waals surface area contributed by atoms with Crippen LogP contribution in [0.5, 0.6) is 0 Å². The van der Waals surface area contributed by atoms with Gasteiger partial charge in [-0.25, -0.2) is 8.42 Å². The number of nitrogens with zero attached hydrogens (tertiary/aromatic N) is 2. The second-order valence-electron chi connectivity index (χ2n) is 11.0. The summed E-state index contributed by atoms with van der Waals surface area (Å²) in [5.74, 6) is -0.804. The molecule has 0 heterocycles. The van der Waals surface area contributed by atoms with Gasteiger partial charge in [0.1, 0.15) is 12.6 Å². The Labute approximate surface area is 283 Å². The van der Waals surface area contributed by atoms with E-state index in [0.717, 1.165) is 36.4 Å². The molecule has 2 atom stereocenters. The average Bonchev–Trinajstić information content (AvgIpc) is 3.02. The molecule has 0 aromatic heterocycles. The highest BCUT2D eigenvalue weighted by molar-refractivity contribution is 9.10. The molecule has 45 heavy (non-hydrogen) atoms. The van der Waals surface area contributed by atoms with Crippen LogP contribution in [0.4, 0.5) is 5.69 Å². The van der Waals surface area contributed by atoms with Gasteiger partial charge in [0.05, 0.1) is 10.6 Å². The number of halogens is 2. The monoisotopic (exact) mass is 753 g/mol. The van der Waals surface area contributed by atoms with Gasteiger partial charge in [-0.1, -0.05) is 98.9 Å². The number of carbonyl (C=O) groups is 2. The molecule has 0 saturated heterocycles. The lowest BCUT2D eigenvalue weighted by molar-refractivity contribution is -0.140. The zero-order chi connectivity index (χ0) is 32.6. The van der Waals surface area contributed by atoms with Crippen molar-refractivity contribution >= 4 is 59.4 Å². The van der Waals surface area contributed by atoms with E-state index in [1.807, 2.05) is 75.4 Å². The first-order valence-corrected chi connectivity index (χ1v) is 17.7. The topological polar surface area (TPSA) is 86.8 Å². The molecule has 4 rings (SSSR count). The summed E-state index contributed by atoms with van der Waals surface area (Å²) in [7, 11) is -4.16. The van der Waals surface area contributed by atoms with E-state index in [1.165, 1.54) is 17.0 Å². The lowest BCUT2D eigenvalue weighted by atomic mass is 10.0. The molecular weight excluding hydrogens is 718 g/mol. The van der Waals surface area contributed by atoms with Crippen LogP contribution in [0.15, 0.2) is 117 Å². The van der Waals surface area contributed by atoms with Crippen LogP contribution >= 0.6 is 31.9 Å². The van der Waals surface area contributed by atoms with Crippen LogP contribution in [0, 0.1) is 6.92 Å². The van der Waals surface area contributed by atoms with Crippen molar-refractivity contribution in [2.24, 2.45) is 0 Å². The van der Waals surface area contributed by atoms with Crippen molar-refractivity contribution in [2.45, 2.75) is 57.1 Å². The number of amides is 2. The zero-order valence-electron chi connectivity index (χ0n) is 25.5. The van der Waals surface area contributed by atoms with Crippen molar-refractivity contribution < 1.29 is 18.0 Å². The third-order valence-electron chi connectivity index (χ3n) is 7.52. The third kappa shape index (κ3) is 9.28. The Hall–Kier alpha value is -3.47. The molecule has 7 nitrogen and oxygen atoms in total. The van der Waals surface area contributed by atoms with Gasteiger partial charge in [-0.3, -0.25) is 13.9 Å². The third-order valence-corrected chi connectivity index (χ3v) is 10.3. The number of aryl methyl sites for hydroxylation is 1. The molecule has 1 N–H and O–H groups in total. The van der Waals surface area contributed by atoms with Crippen LogP contribution in [0.2, 0.25) is 0 Å². The molecule has 0 unspecified atom stereocenters. The Balaban J connectivity index is 1.80. The van der Waals surface area contributed by atoms with Crippen LogP contribution in [0.3, 0.4) is 0 Å². The summed E-state index contributed by atoms with van der Waals surface area (Å²) in [5.41, 5.74) is 2.92. The van der Waals surface area contributed by atoms with Crippen LogP contribution in [-0.2, 0) is 32.6 Å². The number of sulfonamides is 1. The van der Waals surface area contributed by atoms with Crippen molar-refractivity contribution in [1.82, 2.24) is 10.2 Å². The largest absolute Gasteiger partial charge is 0.352 e. The van der Waals surface area contributed by atoms with Crippen molar-refractivity contribution in [3.8, 4) is 0 Å². The lowest BCUT2D eigenvalue weighted by Crippen LogP contribution is -2.54. The number of carbonyl (C=O) groups excluding carboxylic acids is 2. The van der Waals surface area contributed by atoms with Gasteiger partial charge in [-0.15, -0.1) is 0 Å². The fourth-order valence-corrected chi connectivity index (χ4v) is 6.93. The minimum absolute atomic E-state index is 0.0673. The average molecular weight is 756 g/mol. The van der Waals surface area contributed by atoms with Crippen LogP contribution < -0.4 is 9.62 Å². The summed E-state index contributed by atoms with van der Waals surface area (Å²) in [6.07, 6.45) is 0.974. The highest BCUT2D eigenvalue weighted by Crippen LogP contribution is 2.27. The molecule has 0 spiro atoms. The molecule has 0 aliphatic heterocycles. The Morgan fingerprint density at radius 2 is 1.47 bits per heavy atom. The SMILES string of the molecule is CC[C@@H](C)NC(=O)[C@H](Cc1ccccc1)N(Cc1cccc(Br)c1)C(=O)CN(c1ccc(Br)cc1)S(=O)(=O)c1ccc(C)cc1. The van der Waals surface area contributed by atoms with Gasteiger partial charge >= 0.3 is 0 Å². The summed E-state index contributed by atoms with van der Waals surface area (Å²) >= 11 is 6.93. The molecule has 10 heteroatoms. The minimum Gasteiger partial charge on any atom is -0.352 e. The fraction of sp³-hybridized carbons (Fsp3) is 0.257. The van der Waals surface area contributed by atoms with Crippen LogP contribution in [0.1, 0.15) is 37.0 Å². The van der Waals surface area contributed by atoms with Gasteiger partial charge in [0.25, 0.3) is 10.0 Å². The Morgan fingerprint density at radius 1 is 0.822 bits per heavy atom. The second kappa shape index (κ2) is 15.7. The number of benzene rings is 4. The van der Waals surface area contributed by atoms with Crippen molar-refractivity contribution in [3.05, 3.63) is 129 Å². The maximum Gasteiger partial charge on any atom is 0.264 e. The van der Waals surface area contributed by atoms with E-state index in [1.54, 1.807) is 36.4 Å². The molecule has 0 fully saturated rings. The van der Waals surface area contributed by atoms with E-state index in [2.05, 4.69) is 37.2 Å². The van der Waals surface area contributed by atoms with Gasteiger partial charge < -0.3 is 10.2 Å². The first kappa shape index (κ1) is 34.4. The normalized spacial score (nSPS) is 12.6. The fourth-order valence-electron chi connectivity index (χ4n) is 4.80. The maximum absolute atomic E-state index is 14.5. The van der Waals surface area contributed by atoms with Gasteiger partial charge in [0, 0.05) is 28.0 Å². The highest BCUT2D eigenvalue weighted by atomic mass is 79.9. The van der Waals surface area contributed by atoms with E-state index in [4.69, 9.17) is 0 Å². The number of rotatable bonds is 13. The number of hydrogen-bond donors (Lipinski definition) is 1. The van der Waals surface area contributed by atoms with Gasteiger partial charge in [-0.05, 0) is 79.9 Å². The van der Waals surface area contributed by atoms with Crippen molar-refractivity contribution in [1.29, 1.82) is 0 Å². The first-order chi connectivity index (χ1) is 21.5. The number of nitrogens with one attached hydrogen (secondary N) is 1. The molecule has 236 valence electrons. The predicted octanol–water partition coefficient (Wildman–Crippen LogP) is 7.27. The smallest absolute Gasteiger partial charge is 0.264 e. The molecule has 0 radical (unpaired) electrons. The molecule has 0 aliphatic rings. The van der Waals surface area contributed by atoms with Crippen LogP contribution in [0.25, 0.3) is 0 Å². The van der Waals surface area contributed by atoms with E-state index in [-0.39, 0.29) is 29.8 Å². The summed E-state index contributed by atoms with van der Waals surface area (Å²) in [6.45, 7) is 5.37. The summed E-state index contributed by atoms with van der Waals surface area (Å²) in [6, 6.07) is 29.3. The standard InChI is InChI=1S/C35H37Br2N3O4S/c1-4-26(3)38-35(42)33(22-27-9-6-5-7-10-27)39(23-28-11-8-12-30(37)21-28)34(41)24-40(31-17-15-29(36)16-18-31)45(43,44)32-19-13-25(2)14-20-32/h5-21,26,33H,4,22-24H2,1-3H3,(H,38,42)/t26-,33+/m1/s1. The van der Waals surface area contributed by atoms with Gasteiger partial charge in [0.2, 0.25) is 11.8 Å². The molecule has 0 aliphatic carbocycles. The highest BCUT2D eigenvalue weighted by Gasteiger charge is 2.35. The first-order valence-electron chi connectivity index (χ1n) is 14.7. The Bertz CT molecular complexity index is 1700. The lowest BCUT2D eigenvalue weighted by Gasteiger charge is -2.34. The number of hydrogen-bond acceptors (Lipinski definition) is 4. The summed E-state index contributed by atoms with van der Waals surface area (Å²) in [5, 5.41) is 3.06. The minimum atomic E-state index is -4.16. The van der Waals surface area contributed by atoms with Gasteiger partial charge in [0.15, 0.2) is 0 Å². The summed E-state index contributed by atoms with van der Waals surface area (Å²) < 4.78 is 31.0. The molecule has 0 bridgehead atoms. The molecule has 4 aromatic rings. The predicted molar refractivity (Wildman–Crippen MR) is 186 cm³/mol. The maximum atomic E-state index is 14.5. The molecule has 4 aromatic carbocycles. The van der Waals surface area contributed by atoms with E-state index >= 15 is 0 Å². The zero-order valence-corrected chi connectivity index (χ0v) is 29.5. The van der Waals surface area contributed by atoms with Crippen molar-refractivity contribution in [3.63, 3.8) is 0 Å². The quantitative estimate of drug-likeness (QED) is 0.156. The molecule has 0 saturated carbocycles. The molecular formula is C35H37Br2N3O4S. The van der Waals surface area contributed by atoms with Crippen molar-refractivity contribution in [2.75, 3.05) is 10.8 Å². The van der Waals surface area contributed by atoms with E-state index in [9.17, 15) is 18.0 Å². The molecule has 2 amide bonds. The van der Waals surface area contributed by atoms with E-state index in [0.29, 0.717) is 5.69 Å². The number of anilines is 1. The summed E-state index contributed by atoms with van der Waals surface area (Å²) in [4.78, 5) is 30.0.